The number of aromatic nitrogens is 5. The summed E-state index contributed by atoms with van der Waals surface area (Å²) in [6.45, 7) is 2.04. The van der Waals surface area contributed by atoms with Gasteiger partial charge in [0.15, 0.2) is 0 Å². The van der Waals surface area contributed by atoms with Gasteiger partial charge in [-0.15, -0.1) is 0 Å². The molecule has 106 valence electrons. The summed E-state index contributed by atoms with van der Waals surface area (Å²) in [7, 11) is 1.88. The van der Waals surface area contributed by atoms with E-state index in [4.69, 9.17) is 11.6 Å². The highest BCUT2D eigenvalue weighted by atomic mass is 35.5. The molecule has 2 aromatic heterocycles. The van der Waals surface area contributed by atoms with Crippen LogP contribution in [0.1, 0.15) is 5.56 Å². The van der Waals surface area contributed by atoms with Gasteiger partial charge in [0.25, 0.3) is 0 Å². The number of imidazole rings is 1. The molecule has 0 spiro atoms. The van der Waals surface area contributed by atoms with E-state index < -0.39 is 0 Å². The second-order valence-corrected chi connectivity index (χ2v) is 4.91. The maximum Gasteiger partial charge on any atom is 0.241 e. The predicted octanol–water partition coefficient (Wildman–Crippen LogP) is 2.79. The molecule has 1 aromatic carbocycles. The number of hydrogen-bond donors (Lipinski definition) is 0. The van der Waals surface area contributed by atoms with Crippen LogP contribution in [-0.4, -0.2) is 31.6 Å². The monoisotopic (exact) mass is 300 g/mol. The van der Waals surface area contributed by atoms with Crippen LogP contribution in [0.3, 0.4) is 0 Å². The van der Waals surface area contributed by atoms with Gasteiger partial charge in [-0.25, -0.2) is 4.98 Å². The fourth-order valence-corrected chi connectivity index (χ4v) is 2.01. The van der Waals surface area contributed by atoms with E-state index in [0.717, 1.165) is 5.69 Å². The molecule has 0 N–H and O–H groups in total. The van der Waals surface area contributed by atoms with Crippen molar-refractivity contribution >= 4 is 23.2 Å². The molecule has 0 bridgehead atoms. The molecule has 0 unspecified atom stereocenters. The SMILES string of the molecule is Cc1ccc(N(C)c2nc(Cl)nc(-n3ccnc3)n2)cc1. The molecule has 0 aliphatic heterocycles. The third-order valence-electron chi connectivity index (χ3n) is 3.04. The van der Waals surface area contributed by atoms with Crippen molar-refractivity contribution < 1.29 is 0 Å². The smallest absolute Gasteiger partial charge is 0.241 e. The van der Waals surface area contributed by atoms with E-state index >= 15 is 0 Å². The molecule has 6 nitrogen and oxygen atoms in total. The minimum absolute atomic E-state index is 0.141. The highest BCUT2D eigenvalue weighted by molar-refractivity contribution is 6.28. The number of hydrogen-bond acceptors (Lipinski definition) is 5. The summed E-state index contributed by atoms with van der Waals surface area (Å²) in [4.78, 5) is 18.5. The lowest BCUT2D eigenvalue weighted by atomic mass is 10.2. The van der Waals surface area contributed by atoms with Crippen molar-refractivity contribution in [3.8, 4) is 5.95 Å². The van der Waals surface area contributed by atoms with Crippen molar-refractivity contribution in [2.75, 3.05) is 11.9 Å². The first-order valence-electron chi connectivity index (χ1n) is 6.34. The zero-order valence-corrected chi connectivity index (χ0v) is 12.4. The Balaban J connectivity index is 2.00. The van der Waals surface area contributed by atoms with Crippen molar-refractivity contribution in [1.82, 2.24) is 24.5 Å². The third-order valence-corrected chi connectivity index (χ3v) is 3.21. The van der Waals surface area contributed by atoms with Crippen LogP contribution < -0.4 is 4.90 Å². The highest BCUT2D eigenvalue weighted by Gasteiger charge is 2.12. The van der Waals surface area contributed by atoms with Gasteiger partial charge < -0.3 is 4.90 Å². The van der Waals surface area contributed by atoms with Crippen molar-refractivity contribution in [1.29, 1.82) is 0 Å². The van der Waals surface area contributed by atoms with Gasteiger partial charge in [-0.2, -0.15) is 15.0 Å². The topological polar surface area (TPSA) is 59.7 Å². The normalized spacial score (nSPS) is 10.6. The van der Waals surface area contributed by atoms with Crippen LogP contribution in [0.5, 0.6) is 0 Å². The summed E-state index contributed by atoms with van der Waals surface area (Å²) in [6.07, 6.45) is 5.02. The van der Waals surface area contributed by atoms with Crippen LogP contribution in [-0.2, 0) is 0 Å². The summed E-state index contributed by atoms with van der Waals surface area (Å²) in [5, 5.41) is 0.141. The summed E-state index contributed by atoms with van der Waals surface area (Å²) in [6, 6.07) is 8.07. The second-order valence-electron chi connectivity index (χ2n) is 4.57. The van der Waals surface area contributed by atoms with E-state index in [2.05, 4.69) is 19.9 Å². The van der Waals surface area contributed by atoms with Crippen molar-refractivity contribution in [2.24, 2.45) is 0 Å². The molecule has 0 fully saturated rings. The van der Waals surface area contributed by atoms with Gasteiger partial charge >= 0.3 is 0 Å². The largest absolute Gasteiger partial charge is 0.313 e. The molecular weight excluding hydrogens is 288 g/mol. The van der Waals surface area contributed by atoms with Crippen molar-refractivity contribution in [3.05, 3.63) is 53.8 Å². The fraction of sp³-hybridized carbons (Fsp3) is 0.143. The first kappa shape index (κ1) is 13.5. The van der Waals surface area contributed by atoms with E-state index in [1.807, 2.05) is 43.1 Å². The van der Waals surface area contributed by atoms with E-state index in [1.54, 1.807) is 23.3 Å². The van der Waals surface area contributed by atoms with Crippen molar-refractivity contribution in [2.45, 2.75) is 6.92 Å². The van der Waals surface area contributed by atoms with Crippen LogP contribution in [0.25, 0.3) is 5.95 Å². The number of halogens is 1. The molecule has 0 aliphatic rings. The molecule has 0 aliphatic carbocycles. The number of nitrogens with zero attached hydrogens (tertiary/aromatic N) is 6. The molecule has 7 heteroatoms. The van der Waals surface area contributed by atoms with E-state index in [-0.39, 0.29) is 5.28 Å². The Kier molecular flexibility index (Phi) is 3.53. The maximum absolute atomic E-state index is 6.00. The van der Waals surface area contributed by atoms with Gasteiger partial charge in [0, 0.05) is 25.1 Å². The van der Waals surface area contributed by atoms with Gasteiger partial charge in [-0.1, -0.05) is 17.7 Å². The molecule has 0 atom stereocenters. The Hall–Kier alpha value is -2.47. The lowest BCUT2D eigenvalue weighted by Gasteiger charge is -2.17. The first-order chi connectivity index (χ1) is 10.1. The van der Waals surface area contributed by atoms with Gasteiger partial charge in [0.1, 0.15) is 6.33 Å². The van der Waals surface area contributed by atoms with Gasteiger partial charge in [-0.05, 0) is 30.7 Å². The Labute approximate surface area is 127 Å². The van der Waals surface area contributed by atoms with E-state index in [0.29, 0.717) is 11.9 Å². The number of rotatable bonds is 3. The summed E-state index contributed by atoms with van der Waals surface area (Å²) in [5.74, 6) is 0.906. The number of anilines is 2. The van der Waals surface area contributed by atoms with Crippen LogP contribution in [0.15, 0.2) is 43.0 Å². The molecule has 0 amide bonds. The lowest BCUT2D eigenvalue weighted by molar-refractivity contribution is 0.880. The molecule has 3 rings (SSSR count). The van der Waals surface area contributed by atoms with Gasteiger partial charge in [0.2, 0.25) is 17.2 Å². The third kappa shape index (κ3) is 2.85. The lowest BCUT2D eigenvalue weighted by Crippen LogP contribution is -2.15. The van der Waals surface area contributed by atoms with E-state index in [1.165, 1.54) is 5.56 Å². The molecule has 3 aromatic rings. The molecule has 0 saturated carbocycles. The molecule has 21 heavy (non-hydrogen) atoms. The van der Waals surface area contributed by atoms with Crippen LogP contribution >= 0.6 is 11.6 Å². The Morgan fingerprint density at radius 2 is 1.86 bits per heavy atom. The minimum Gasteiger partial charge on any atom is -0.313 e. The predicted molar refractivity (Wildman–Crippen MR) is 81.2 cm³/mol. The van der Waals surface area contributed by atoms with E-state index in [9.17, 15) is 0 Å². The maximum atomic E-state index is 6.00. The Bertz CT molecular complexity index is 739. The number of aryl methyl sites for hydroxylation is 1. The van der Waals surface area contributed by atoms with Gasteiger partial charge in [-0.3, -0.25) is 4.57 Å². The zero-order chi connectivity index (χ0) is 14.8. The van der Waals surface area contributed by atoms with Crippen LogP contribution in [0.2, 0.25) is 5.28 Å². The summed E-state index contributed by atoms with van der Waals surface area (Å²) >= 11 is 6.00. The zero-order valence-electron chi connectivity index (χ0n) is 11.6. The molecule has 0 saturated heterocycles. The molecule has 0 radical (unpaired) electrons. The number of benzene rings is 1. The average molecular weight is 301 g/mol. The van der Waals surface area contributed by atoms with Crippen LogP contribution in [0, 0.1) is 6.92 Å². The molecular formula is C14H13ClN6. The Morgan fingerprint density at radius 3 is 2.52 bits per heavy atom. The first-order valence-corrected chi connectivity index (χ1v) is 6.71. The Morgan fingerprint density at radius 1 is 1.10 bits per heavy atom. The van der Waals surface area contributed by atoms with Crippen LogP contribution in [0.4, 0.5) is 11.6 Å². The van der Waals surface area contributed by atoms with Gasteiger partial charge in [0.05, 0.1) is 0 Å². The quantitative estimate of drug-likeness (QED) is 0.744. The minimum atomic E-state index is 0.141. The fourth-order valence-electron chi connectivity index (χ4n) is 1.86. The standard InChI is InChI=1S/C14H13ClN6/c1-10-3-5-11(6-4-10)20(2)13-17-12(15)18-14(19-13)21-8-7-16-9-21/h3-9H,1-2H3. The molecule has 2 heterocycles. The average Bonchev–Trinajstić information content (AvgIpc) is 3.01. The second kappa shape index (κ2) is 5.49. The highest BCUT2D eigenvalue weighted by Crippen LogP contribution is 2.22. The summed E-state index contributed by atoms with van der Waals surface area (Å²) in [5.41, 5.74) is 2.17. The van der Waals surface area contributed by atoms with Crippen molar-refractivity contribution in [3.63, 3.8) is 0 Å². The summed E-state index contributed by atoms with van der Waals surface area (Å²) < 4.78 is 1.68.